The average Bonchev–Trinajstić information content (AvgIpc) is 2.71. The second-order valence-corrected chi connectivity index (χ2v) is 6.08. The predicted molar refractivity (Wildman–Crippen MR) is 102 cm³/mol. The molecule has 144 valence electrons. The number of amides is 2. The van der Waals surface area contributed by atoms with Crippen LogP contribution in [0.15, 0.2) is 63.8 Å². The molecule has 1 atom stereocenters. The lowest BCUT2D eigenvalue weighted by Crippen LogP contribution is -2.47. The van der Waals surface area contributed by atoms with E-state index in [0.29, 0.717) is 0 Å². The molecule has 0 bridgehead atoms. The summed E-state index contributed by atoms with van der Waals surface area (Å²) < 4.78 is 19.3. The molecule has 3 aromatic rings. The Kier molecular flexibility index (Phi) is 5.81. The predicted octanol–water partition coefficient (Wildman–Crippen LogP) is 1.56. The fourth-order valence-corrected chi connectivity index (χ4v) is 2.77. The first-order valence-corrected chi connectivity index (χ1v) is 8.55. The number of halogens is 1. The Morgan fingerprint density at radius 3 is 2.46 bits per heavy atom. The molecule has 2 aromatic carbocycles. The van der Waals surface area contributed by atoms with Gasteiger partial charge in [-0.3, -0.25) is 9.59 Å². The maximum absolute atomic E-state index is 14.4. The van der Waals surface area contributed by atoms with Gasteiger partial charge in [0.15, 0.2) is 0 Å². The minimum Gasteiger partial charge on any atom is -0.420 e. The molecule has 4 N–H and O–H groups in total. The van der Waals surface area contributed by atoms with Gasteiger partial charge in [-0.25, -0.2) is 4.79 Å². The van der Waals surface area contributed by atoms with Crippen LogP contribution in [0.4, 0.5) is 10.1 Å². The lowest BCUT2D eigenvalue weighted by molar-refractivity contribution is -0.125. The van der Waals surface area contributed by atoms with E-state index in [1.165, 1.54) is 12.1 Å². The van der Waals surface area contributed by atoms with Gasteiger partial charge in [0.1, 0.15) is 11.6 Å². The van der Waals surface area contributed by atoms with Crippen LogP contribution in [-0.2, 0) is 16.0 Å². The van der Waals surface area contributed by atoms with Crippen molar-refractivity contribution in [1.29, 1.82) is 0 Å². The van der Waals surface area contributed by atoms with Crippen molar-refractivity contribution in [3.05, 3.63) is 76.4 Å². The molecule has 0 aliphatic heterocycles. The highest BCUT2D eigenvalue weighted by Gasteiger charge is 2.24. The molecule has 28 heavy (non-hydrogen) atoms. The van der Waals surface area contributed by atoms with E-state index >= 15 is 0 Å². The Morgan fingerprint density at radius 1 is 1.07 bits per heavy atom. The van der Waals surface area contributed by atoms with Gasteiger partial charge in [0.05, 0.1) is 12.2 Å². The fourth-order valence-electron chi connectivity index (χ4n) is 2.77. The number of hydrogen-bond donors (Lipinski definition) is 3. The number of hydrogen-bond acceptors (Lipinski definition) is 5. The first kappa shape index (κ1) is 19.2. The molecule has 0 fully saturated rings. The molecule has 3 rings (SSSR count). The summed E-state index contributed by atoms with van der Waals surface area (Å²) in [6.07, 6.45) is 0.166. The number of para-hydroxylation sites is 1. The molecule has 1 aromatic heterocycles. The van der Waals surface area contributed by atoms with Crippen molar-refractivity contribution in [1.82, 2.24) is 5.32 Å². The molecule has 0 unspecified atom stereocenters. The number of nitrogens with one attached hydrogen (secondary N) is 2. The molecule has 0 spiro atoms. The van der Waals surface area contributed by atoms with Gasteiger partial charge < -0.3 is 20.8 Å². The van der Waals surface area contributed by atoms with Crippen LogP contribution in [0.2, 0.25) is 0 Å². The highest BCUT2D eigenvalue weighted by Crippen LogP contribution is 2.24. The van der Waals surface area contributed by atoms with Crippen molar-refractivity contribution >= 4 is 28.5 Å². The Morgan fingerprint density at radius 2 is 1.75 bits per heavy atom. The van der Waals surface area contributed by atoms with E-state index in [2.05, 4.69) is 10.6 Å². The summed E-state index contributed by atoms with van der Waals surface area (Å²) in [5.41, 5.74) is 4.76. The molecule has 1 heterocycles. The van der Waals surface area contributed by atoms with Gasteiger partial charge in [-0.2, -0.15) is 4.39 Å². The first-order valence-electron chi connectivity index (χ1n) is 8.55. The number of anilines is 1. The van der Waals surface area contributed by atoms with E-state index in [1.54, 1.807) is 36.4 Å². The molecular formula is C20H18FN3O4. The minimum absolute atomic E-state index is 0.134. The summed E-state index contributed by atoms with van der Waals surface area (Å²) in [6, 6.07) is 14.2. The van der Waals surface area contributed by atoms with Gasteiger partial charge in [-0.1, -0.05) is 42.5 Å². The maximum Gasteiger partial charge on any atom is 0.374 e. The number of benzene rings is 2. The monoisotopic (exact) mass is 383 g/mol. The van der Waals surface area contributed by atoms with E-state index < -0.39 is 29.3 Å². The van der Waals surface area contributed by atoms with E-state index in [9.17, 15) is 18.8 Å². The number of nitrogens with two attached hydrogens (primary N) is 1. The highest BCUT2D eigenvalue weighted by atomic mass is 19.1. The average molecular weight is 383 g/mol. The molecule has 2 amide bonds. The zero-order valence-electron chi connectivity index (χ0n) is 14.8. The van der Waals surface area contributed by atoms with E-state index in [4.69, 9.17) is 10.2 Å². The third-order valence-corrected chi connectivity index (χ3v) is 4.13. The zero-order chi connectivity index (χ0) is 20.1. The van der Waals surface area contributed by atoms with Gasteiger partial charge in [-0.15, -0.1) is 0 Å². The van der Waals surface area contributed by atoms with Gasteiger partial charge in [-0.05, 0) is 17.7 Å². The summed E-state index contributed by atoms with van der Waals surface area (Å²) in [5, 5.41) is 5.16. The zero-order valence-corrected chi connectivity index (χ0v) is 14.8. The molecule has 0 aliphatic rings. The SMILES string of the molecule is NCC(=O)N[C@@H](Cc1ccccc1)C(=O)Nc1c(F)c(=O)oc2ccccc12. The van der Waals surface area contributed by atoms with Crippen LogP contribution in [0, 0.1) is 5.82 Å². The number of carbonyl (C=O) groups excluding carboxylic acids is 2. The molecule has 0 aliphatic carbocycles. The quantitative estimate of drug-likeness (QED) is 0.559. The van der Waals surface area contributed by atoms with Crippen molar-refractivity contribution in [2.75, 3.05) is 11.9 Å². The van der Waals surface area contributed by atoms with Crippen molar-refractivity contribution in [3.8, 4) is 0 Å². The van der Waals surface area contributed by atoms with E-state index in [-0.39, 0.29) is 29.6 Å². The molecule has 0 radical (unpaired) electrons. The second-order valence-electron chi connectivity index (χ2n) is 6.08. The summed E-state index contributed by atoms with van der Waals surface area (Å²) >= 11 is 0. The first-order chi connectivity index (χ1) is 13.5. The van der Waals surface area contributed by atoms with Crippen LogP contribution < -0.4 is 22.0 Å². The van der Waals surface area contributed by atoms with Gasteiger partial charge >= 0.3 is 5.63 Å². The Balaban J connectivity index is 1.93. The minimum atomic E-state index is -1.21. The summed E-state index contributed by atoms with van der Waals surface area (Å²) in [4.78, 5) is 36.3. The van der Waals surface area contributed by atoms with Crippen LogP contribution >= 0.6 is 0 Å². The summed E-state index contributed by atoms with van der Waals surface area (Å²) in [5.74, 6) is -2.43. The van der Waals surface area contributed by atoms with Gasteiger partial charge in [0, 0.05) is 11.8 Å². The molecule has 0 saturated heterocycles. The Labute approximate surface area is 159 Å². The van der Waals surface area contributed by atoms with Crippen molar-refractivity contribution in [2.24, 2.45) is 5.73 Å². The Hall–Kier alpha value is -3.52. The van der Waals surface area contributed by atoms with Gasteiger partial charge in [0.25, 0.3) is 0 Å². The number of fused-ring (bicyclic) bond motifs is 1. The van der Waals surface area contributed by atoms with Crippen LogP contribution in [0.25, 0.3) is 11.0 Å². The van der Waals surface area contributed by atoms with Crippen LogP contribution in [0.1, 0.15) is 5.56 Å². The molecular weight excluding hydrogens is 365 g/mol. The van der Waals surface area contributed by atoms with E-state index in [1.807, 2.05) is 6.07 Å². The lowest BCUT2D eigenvalue weighted by Gasteiger charge is -2.19. The third-order valence-electron chi connectivity index (χ3n) is 4.13. The topological polar surface area (TPSA) is 114 Å². The van der Waals surface area contributed by atoms with E-state index in [0.717, 1.165) is 5.56 Å². The molecule has 0 saturated carbocycles. The largest absolute Gasteiger partial charge is 0.420 e. The molecule has 8 heteroatoms. The Bertz CT molecular complexity index is 1070. The van der Waals surface area contributed by atoms with Gasteiger partial charge in [0.2, 0.25) is 17.6 Å². The highest BCUT2D eigenvalue weighted by molar-refractivity contribution is 6.03. The lowest BCUT2D eigenvalue weighted by atomic mass is 10.0. The number of rotatable bonds is 6. The molecule has 7 nitrogen and oxygen atoms in total. The summed E-state index contributed by atoms with van der Waals surface area (Å²) in [7, 11) is 0. The third kappa shape index (κ3) is 4.24. The maximum atomic E-state index is 14.4. The summed E-state index contributed by atoms with van der Waals surface area (Å²) in [6.45, 7) is -0.301. The normalized spacial score (nSPS) is 11.8. The standard InChI is InChI=1S/C20H18FN3O4/c21-17-18(13-8-4-5-9-15(13)28-20(17)27)24-19(26)14(23-16(25)11-22)10-12-6-2-1-3-7-12/h1-9,14H,10-11,22H2,(H,23,25)(H,24,26)/t14-/m0/s1. The fraction of sp³-hybridized carbons (Fsp3) is 0.150. The second kappa shape index (κ2) is 8.45. The van der Waals surface area contributed by atoms with Crippen LogP contribution in [0.5, 0.6) is 0 Å². The van der Waals surface area contributed by atoms with Crippen molar-refractivity contribution < 1.29 is 18.4 Å². The number of carbonyl (C=O) groups is 2. The van der Waals surface area contributed by atoms with Crippen LogP contribution in [0.3, 0.4) is 0 Å². The van der Waals surface area contributed by atoms with Crippen LogP contribution in [-0.4, -0.2) is 24.4 Å². The van der Waals surface area contributed by atoms with Crippen molar-refractivity contribution in [3.63, 3.8) is 0 Å². The van der Waals surface area contributed by atoms with Crippen molar-refractivity contribution in [2.45, 2.75) is 12.5 Å². The smallest absolute Gasteiger partial charge is 0.374 e.